The normalized spacial score (nSPS) is 13.5. The highest BCUT2D eigenvalue weighted by molar-refractivity contribution is 6.02. The minimum absolute atomic E-state index is 0.539. The predicted octanol–water partition coefficient (Wildman–Crippen LogP) is 5.10. The highest BCUT2D eigenvalue weighted by Gasteiger charge is 2.29. The summed E-state index contributed by atoms with van der Waals surface area (Å²) in [6.45, 7) is 15.7. The predicted molar refractivity (Wildman–Crippen MR) is 105 cm³/mol. The highest BCUT2D eigenvalue weighted by atomic mass is 15.2. The quantitative estimate of drug-likeness (QED) is 0.765. The van der Waals surface area contributed by atoms with Gasteiger partial charge in [-0.15, -0.1) is 0 Å². The molecular formula is C20H32N4. The van der Waals surface area contributed by atoms with Gasteiger partial charge in [-0.05, 0) is 25.3 Å². The van der Waals surface area contributed by atoms with E-state index in [-0.39, 0.29) is 0 Å². The van der Waals surface area contributed by atoms with Gasteiger partial charge in [-0.3, -0.25) is 0 Å². The minimum atomic E-state index is 0.539. The molecule has 1 aliphatic rings. The Morgan fingerprint density at radius 2 is 1.79 bits per heavy atom. The smallest absolute Gasteiger partial charge is 0.146 e. The first-order valence-corrected chi connectivity index (χ1v) is 9.35. The van der Waals surface area contributed by atoms with Crippen molar-refractivity contribution in [2.45, 2.75) is 66.3 Å². The molecule has 3 rings (SSSR count). The molecule has 2 aromatic heterocycles. The van der Waals surface area contributed by atoms with Crippen LogP contribution in [0.2, 0.25) is 0 Å². The maximum Gasteiger partial charge on any atom is 0.146 e. The molecule has 0 fully saturated rings. The summed E-state index contributed by atoms with van der Waals surface area (Å²) in [5, 5.41) is 1.18. The topological polar surface area (TPSA) is 34.0 Å². The summed E-state index contributed by atoms with van der Waals surface area (Å²) < 4.78 is 2.10. The fraction of sp³-hybridized carbons (Fsp3) is 0.600. The average Bonchev–Trinajstić information content (AvgIpc) is 2.90. The molecule has 0 aliphatic carbocycles. The third kappa shape index (κ3) is 3.19. The molecule has 4 nitrogen and oxygen atoms in total. The van der Waals surface area contributed by atoms with Crippen molar-refractivity contribution in [3.8, 4) is 0 Å². The Balaban J connectivity index is 0.00000100. The first-order valence-electron chi connectivity index (χ1n) is 9.35. The largest absolute Gasteiger partial charge is 0.349 e. The minimum Gasteiger partial charge on any atom is -0.349 e. The molecule has 0 bridgehead atoms. The SMILES string of the molecule is C=C1CN(C(CCC)CCC)c2nc(C)nc3c2c1cn3C.CC. The molecule has 0 amide bonds. The van der Waals surface area contributed by atoms with Crippen LogP contribution in [0.25, 0.3) is 16.6 Å². The van der Waals surface area contributed by atoms with Crippen LogP contribution >= 0.6 is 0 Å². The molecule has 0 N–H and O–H groups in total. The van der Waals surface area contributed by atoms with Crippen LogP contribution in [0.3, 0.4) is 0 Å². The van der Waals surface area contributed by atoms with Gasteiger partial charge in [-0.1, -0.05) is 47.1 Å². The zero-order valence-electron chi connectivity index (χ0n) is 16.2. The van der Waals surface area contributed by atoms with E-state index in [0.29, 0.717) is 6.04 Å². The van der Waals surface area contributed by atoms with Crippen LogP contribution in [-0.2, 0) is 7.05 Å². The summed E-state index contributed by atoms with van der Waals surface area (Å²) in [4.78, 5) is 11.9. The van der Waals surface area contributed by atoms with Gasteiger partial charge in [0.05, 0.1) is 5.39 Å². The van der Waals surface area contributed by atoms with Gasteiger partial charge in [-0.25, -0.2) is 9.97 Å². The van der Waals surface area contributed by atoms with E-state index in [1.54, 1.807) is 0 Å². The third-order valence-electron chi connectivity index (χ3n) is 4.61. The lowest BCUT2D eigenvalue weighted by Crippen LogP contribution is -2.39. The Morgan fingerprint density at radius 1 is 1.17 bits per heavy atom. The summed E-state index contributed by atoms with van der Waals surface area (Å²) in [7, 11) is 2.06. The Bertz CT molecular complexity index is 708. The number of aryl methyl sites for hydroxylation is 2. The van der Waals surface area contributed by atoms with Crippen LogP contribution in [-0.4, -0.2) is 27.1 Å². The van der Waals surface area contributed by atoms with Crippen LogP contribution in [0.1, 0.15) is 64.8 Å². The van der Waals surface area contributed by atoms with E-state index in [9.17, 15) is 0 Å². The fourth-order valence-electron chi connectivity index (χ4n) is 3.62. The number of rotatable bonds is 5. The van der Waals surface area contributed by atoms with Gasteiger partial charge in [0.25, 0.3) is 0 Å². The van der Waals surface area contributed by atoms with Gasteiger partial charge in [0.1, 0.15) is 17.3 Å². The van der Waals surface area contributed by atoms with Crippen LogP contribution in [0.4, 0.5) is 5.82 Å². The third-order valence-corrected chi connectivity index (χ3v) is 4.61. The zero-order valence-corrected chi connectivity index (χ0v) is 16.2. The van der Waals surface area contributed by atoms with Crippen molar-refractivity contribution in [2.75, 3.05) is 11.4 Å². The monoisotopic (exact) mass is 328 g/mol. The van der Waals surface area contributed by atoms with Gasteiger partial charge >= 0.3 is 0 Å². The molecule has 0 aromatic carbocycles. The summed E-state index contributed by atoms with van der Waals surface area (Å²) >= 11 is 0. The fourth-order valence-corrected chi connectivity index (χ4v) is 3.62. The van der Waals surface area contributed by atoms with E-state index in [4.69, 9.17) is 4.98 Å². The lowest BCUT2D eigenvalue weighted by atomic mass is 9.97. The summed E-state index contributed by atoms with van der Waals surface area (Å²) in [5.41, 5.74) is 3.42. The number of nitrogens with zero attached hydrogens (tertiary/aromatic N) is 4. The first-order chi connectivity index (χ1) is 11.6. The molecule has 0 saturated heterocycles. The Hall–Kier alpha value is -1.84. The van der Waals surface area contributed by atoms with Crippen LogP contribution in [0, 0.1) is 6.92 Å². The van der Waals surface area contributed by atoms with E-state index in [0.717, 1.165) is 23.8 Å². The van der Waals surface area contributed by atoms with E-state index >= 15 is 0 Å². The lowest BCUT2D eigenvalue weighted by molar-refractivity contribution is 0.514. The molecule has 4 heteroatoms. The molecule has 24 heavy (non-hydrogen) atoms. The van der Waals surface area contributed by atoms with Gasteiger partial charge in [-0.2, -0.15) is 0 Å². The van der Waals surface area contributed by atoms with Crippen molar-refractivity contribution in [3.05, 3.63) is 24.2 Å². The van der Waals surface area contributed by atoms with Gasteiger partial charge in [0.2, 0.25) is 0 Å². The van der Waals surface area contributed by atoms with E-state index in [1.165, 1.54) is 42.2 Å². The second kappa shape index (κ2) is 7.82. The molecule has 0 saturated carbocycles. The number of aromatic nitrogens is 3. The van der Waals surface area contributed by atoms with Crippen LogP contribution in [0.5, 0.6) is 0 Å². The average molecular weight is 329 g/mol. The van der Waals surface area contributed by atoms with Crippen molar-refractivity contribution >= 4 is 22.4 Å². The van der Waals surface area contributed by atoms with Crippen molar-refractivity contribution in [1.29, 1.82) is 0 Å². The Kier molecular flexibility index (Phi) is 6.03. The van der Waals surface area contributed by atoms with E-state index in [1.807, 2.05) is 20.8 Å². The van der Waals surface area contributed by atoms with Crippen molar-refractivity contribution in [1.82, 2.24) is 14.5 Å². The number of anilines is 1. The van der Waals surface area contributed by atoms with Gasteiger partial charge in [0.15, 0.2) is 0 Å². The highest BCUT2D eigenvalue weighted by Crippen LogP contribution is 2.39. The van der Waals surface area contributed by atoms with Crippen molar-refractivity contribution < 1.29 is 0 Å². The number of hydrogen-bond donors (Lipinski definition) is 0. The van der Waals surface area contributed by atoms with E-state index < -0.39 is 0 Å². The molecule has 0 spiro atoms. The van der Waals surface area contributed by atoms with Gasteiger partial charge in [0, 0.05) is 31.4 Å². The maximum atomic E-state index is 4.81. The first kappa shape index (κ1) is 18.5. The van der Waals surface area contributed by atoms with E-state index in [2.05, 4.69) is 48.1 Å². The molecule has 3 heterocycles. The standard InChI is InChI=1S/C18H26N4.C2H6/c1-6-8-14(9-7-2)22-10-12(3)15-11-21(5)17-16(15)18(22)20-13(4)19-17;1-2/h11,14H,3,6-10H2,1-2,4-5H3;1-2H3. The van der Waals surface area contributed by atoms with Crippen LogP contribution < -0.4 is 4.90 Å². The number of hydrogen-bond acceptors (Lipinski definition) is 3. The zero-order chi connectivity index (χ0) is 17.9. The molecule has 2 aromatic rings. The lowest BCUT2D eigenvalue weighted by Gasteiger charge is -2.36. The van der Waals surface area contributed by atoms with Crippen LogP contribution in [0.15, 0.2) is 12.8 Å². The Labute approximate surface area is 146 Å². The molecule has 0 radical (unpaired) electrons. The summed E-state index contributed by atoms with van der Waals surface area (Å²) in [5.74, 6) is 1.96. The Morgan fingerprint density at radius 3 is 2.38 bits per heavy atom. The second-order valence-corrected chi connectivity index (χ2v) is 6.41. The van der Waals surface area contributed by atoms with Crippen molar-refractivity contribution in [2.24, 2.45) is 7.05 Å². The molecule has 132 valence electrons. The summed E-state index contributed by atoms with van der Waals surface area (Å²) in [6, 6.07) is 0.539. The van der Waals surface area contributed by atoms with Gasteiger partial charge < -0.3 is 9.47 Å². The molecule has 0 unspecified atom stereocenters. The molecule has 1 aliphatic heterocycles. The maximum absolute atomic E-state index is 4.81. The molecular weight excluding hydrogens is 296 g/mol. The second-order valence-electron chi connectivity index (χ2n) is 6.41. The van der Waals surface area contributed by atoms with Crippen molar-refractivity contribution in [3.63, 3.8) is 0 Å². The molecule has 0 atom stereocenters. The summed E-state index contributed by atoms with van der Waals surface area (Å²) in [6.07, 6.45) is 6.95.